The molecule has 0 heterocycles. The summed E-state index contributed by atoms with van der Waals surface area (Å²) in [4.78, 5) is 24.2. The number of amides is 1. The molecule has 0 aliphatic heterocycles. The standard InChI is InChI=1S/C26H25BrN2O4/c1-2-3-6-19-9-13-21(14-10-19)32-18-25(30)29-28-17-20-11-15-22(16-12-20)33-26(31)23-7-4-5-8-24(23)27/h4-5,7-17H,2-3,6,18H2,1H3,(H,29,30)/b28-17-. The van der Waals surface area contributed by atoms with Gasteiger partial charge in [-0.2, -0.15) is 5.10 Å². The minimum absolute atomic E-state index is 0.129. The third kappa shape index (κ3) is 7.88. The SMILES string of the molecule is CCCCc1ccc(OCC(=O)N/N=C\c2ccc(OC(=O)c3ccccc3Br)cc2)cc1. The molecule has 3 aromatic rings. The molecule has 0 spiro atoms. The van der Waals surface area contributed by atoms with Gasteiger partial charge in [0, 0.05) is 4.47 Å². The summed E-state index contributed by atoms with van der Waals surface area (Å²) < 4.78 is 11.5. The van der Waals surface area contributed by atoms with Gasteiger partial charge < -0.3 is 9.47 Å². The highest BCUT2D eigenvalue weighted by atomic mass is 79.9. The number of nitrogens with one attached hydrogen (secondary N) is 1. The van der Waals surface area contributed by atoms with Gasteiger partial charge in [-0.15, -0.1) is 0 Å². The van der Waals surface area contributed by atoms with Crippen LogP contribution in [0.15, 0.2) is 82.4 Å². The van der Waals surface area contributed by atoms with Crippen LogP contribution >= 0.6 is 15.9 Å². The summed E-state index contributed by atoms with van der Waals surface area (Å²) >= 11 is 3.34. The van der Waals surface area contributed by atoms with Crippen LogP contribution in [0.2, 0.25) is 0 Å². The molecule has 0 unspecified atom stereocenters. The van der Waals surface area contributed by atoms with Crippen LogP contribution in [0.5, 0.6) is 11.5 Å². The second kappa shape index (κ2) is 12.6. The van der Waals surface area contributed by atoms with E-state index in [0.717, 1.165) is 24.8 Å². The van der Waals surface area contributed by atoms with Gasteiger partial charge in [0.25, 0.3) is 5.91 Å². The average molecular weight is 509 g/mol. The number of benzene rings is 3. The predicted octanol–water partition coefficient (Wildman–Crippen LogP) is 5.54. The number of unbranched alkanes of at least 4 members (excludes halogenated alkanes) is 1. The topological polar surface area (TPSA) is 77.0 Å². The lowest BCUT2D eigenvalue weighted by Crippen LogP contribution is -2.24. The van der Waals surface area contributed by atoms with Gasteiger partial charge in [-0.1, -0.05) is 37.6 Å². The molecular formula is C26H25BrN2O4. The minimum Gasteiger partial charge on any atom is -0.484 e. The molecule has 0 aliphatic rings. The van der Waals surface area contributed by atoms with Crippen molar-refractivity contribution in [3.8, 4) is 11.5 Å². The molecule has 6 nitrogen and oxygen atoms in total. The molecule has 3 rings (SSSR count). The Labute approximate surface area is 201 Å². The summed E-state index contributed by atoms with van der Waals surface area (Å²) in [5, 5.41) is 3.93. The Kier molecular flexibility index (Phi) is 9.20. The van der Waals surface area contributed by atoms with Crippen molar-refractivity contribution in [3.05, 3.63) is 94.0 Å². The first-order valence-electron chi connectivity index (χ1n) is 10.7. The Hall–Kier alpha value is -3.45. The van der Waals surface area contributed by atoms with Crippen LogP contribution < -0.4 is 14.9 Å². The first kappa shape index (κ1) is 24.2. The zero-order chi connectivity index (χ0) is 23.5. The Bertz CT molecular complexity index is 1100. The lowest BCUT2D eigenvalue weighted by Gasteiger charge is -2.06. The van der Waals surface area contributed by atoms with Gasteiger partial charge in [0.1, 0.15) is 11.5 Å². The van der Waals surface area contributed by atoms with Crippen LogP contribution in [0, 0.1) is 0 Å². The molecule has 3 aromatic carbocycles. The van der Waals surface area contributed by atoms with Crippen molar-refractivity contribution in [2.45, 2.75) is 26.2 Å². The molecule has 0 radical (unpaired) electrons. The summed E-state index contributed by atoms with van der Waals surface area (Å²) in [6.45, 7) is 2.03. The van der Waals surface area contributed by atoms with E-state index >= 15 is 0 Å². The van der Waals surface area contributed by atoms with Gasteiger partial charge in [-0.25, -0.2) is 10.2 Å². The van der Waals surface area contributed by atoms with Crippen molar-refractivity contribution >= 4 is 34.0 Å². The highest BCUT2D eigenvalue weighted by molar-refractivity contribution is 9.10. The molecule has 170 valence electrons. The number of hydrazone groups is 1. The first-order valence-corrected chi connectivity index (χ1v) is 11.4. The van der Waals surface area contributed by atoms with Crippen LogP contribution in [0.4, 0.5) is 0 Å². The van der Waals surface area contributed by atoms with Gasteiger partial charge in [-0.3, -0.25) is 4.79 Å². The molecule has 0 atom stereocenters. The highest BCUT2D eigenvalue weighted by Crippen LogP contribution is 2.19. The second-order valence-electron chi connectivity index (χ2n) is 7.27. The van der Waals surface area contributed by atoms with E-state index in [9.17, 15) is 9.59 Å². The van der Waals surface area contributed by atoms with Crippen molar-refractivity contribution in [1.29, 1.82) is 0 Å². The molecule has 7 heteroatoms. The Morgan fingerprint density at radius 2 is 1.67 bits per heavy atom. The number of aryl methyl sites for hydroxylation is 1. The fourth-order valence-electron chi connectivity index (χ4n) is 2.90. The third-order valence-corrected chi connectivity index (χ3v) is 5.39. The lowest BCUT2D eigenvalue weighted by atomic mass is 10.1. The summed E-state index contributed by atoms with van der Waals surface area (Å²) in [5.74, 6) is 0.236. The number of ether oxygens (including phenoxy) is 2. The van der Waals surface area contributed by atoms with Gasteiger partial charge in [0.05, 0.1) is 11.8 Å². The van der Waals surface area contributed by atoms with Gasteiger partial charge in [0.2, 0.25) is 0 Å². The zero-order valence-corrected chi connectivity index (χ0v) is 19.9. The minimum atomic E-state index is -0.452. The van der Waals surface area contributed by atoms with Crippen LogP contribution in [0.25, 0.3) is 0 Å². The van der Waals surface area contributed by atoms with E-state index in [1.165, 1.54) is 11.8 Å². The normalized spacial score (nSPS) is 10.7. The number of hydrogen-bond donors (Lipinski definition) is 1. The lowest BCUT2D eigenvalue weighted by molar-refractivity contribution is -0.123. The van der Waals surface area contributed by atoms with E-state index in [1.807, 2.05) is 30.3 Å². The molecule has 33 heavy (non-hydrogen) atoms. The number of carbonyl (C=O) groups is 2. The van der Waals surface area contributed by atoms with Crippen LogP contribution in [-0.4, -0.2) is 24.7 Å². The largest absolute Gasteiger partial charge is 0.484 e. The summed E-state index contributed by atoms with van der Waals surface area (Å²) in [6, 6.07) is 21.6. The number of hydrogen-bond acceptors (Lipinski definition) is 5. The van der Waals surface area contributed by atoms with Crippen molar-refractivity contribution < 1.29 is 19.1 Å². The van der Waals surface area contributed by atoms with Crippen molar-refractivity contribution in [3.63, 3.8) is 0 Å². The first-order chi connectivity index (χ1) is 16.0. The van der Waals surface area contributed by atoms with E-state index in [2.05, 4.69) is 33.4 Å². The summed E-state index contributed by atoms with van der Waals surface area (Å²) in [6.07, 6.45) is 4.85. The maximum Gasteiger partial charge on any atom is 0.344 e. The van der Waals surface area contributed by atoms with Gasteiger partial charge >= 0.3 is 5.97 Å². The summed E-state index contributed by atoms with van der Waals surface area (Å²) in [7, 11) is 0. The van der Waals surface area contributed by atoms with Gasteiger partial charge in [0.15, 0.2) is 6.61 Å². The monoisotopic (exact) mass is 508 g/mol. The predicted molar refractivity (Wildman–Crippen MR) is 132 cm³/mol. The van der Waals surface area contributed by atoms with Crippen LogP contribution in [0.3, 0.4) is 0 Å². The molecule has 0 saturated heterocycles. The molecule has 0 aliphatic carbocycles. The molecule has 0 bridgehead atoms. The van der Waals surface area contributed by atoms with E-state index in [1.54, 1.807) is 42.5 Å². The van der Waals surface area contributed by atoms with E-state index in [-0.39, 0.29) is 12.5 Å². The Balaban J connectivity index is 1.43. The smallest absolute Gasteiger partial charge is 0.344 e. The van der Waals surface area contributed by atoms with Crippen LogP contribution in [-0.2, 0) is 11.2 Å². The fraction of sp³-hybridized carbons (Fsp3) is 0.192. The maximum atomic E-state index is 12.3. The van der Waals surface area contributed by atoms with Crippen molar-refractivity contribution in [2.24, 2.45) is 5.10 Å². The summed E-state index contributed by atoms with van der Waals surface area (Å²) in [5.41, 5.74) is 4.87. The molecular weight excluding hydrogens is 484 g/mol. The highest BCUT2D eigenvalue weighted by Gasteiger charge is 2.11. The van der Waals surface area contributed by atoms with E-state index < -0.39 is 5.97 Å². The Morgan fingerprint density at radius 3 is 2.36 bits per heavy atom. The van der Waals surface area contributed by atoms with E-state index in [0.29, 0.717) is 21.5 Å². The molecule has 0 fully saturated rings. The average Bonchev–Trinajstić information content (AvgIpc) is 2.83. The number of carbonyl (C=O) groups excluding carboxylic acids is 2. The quantitative estimate of drug-likeness (QED) is 0.169. The van der Waals surface area contributed by atoms with Crippen molar-refractivity contribution in [1.82, 2.24) is 5.43 Å². The zero-order valence-electron chi connectivity index (χ0n) is 18.3. The maximum absolute atomic E-state index is 12.3. The molecule has 0 saturated carbocycles. The number of nitrogens with zero attached hydrogens (tertiary/aromatic N) is 1. The Morgan fingerprint density at radius 1 is 0.970 bits per heavy atom. The van der Waals surface area contributed by atoms with Crippen LogP contribution in [0.1, 0.15) is 41.3 Å². The number of esters is 1. The second-order valence-corrected chi connectivity index (χ2v) is 8.12. The number of rotatable bonds is 10. The number of halogens is 1. The third-order valence-electron chi connectivity index (χ3n) is 4.70. The molecule has 1 amide bonds. The molecule has 1 N–H and O–H groups in total. The fourth-order valence-corrected chi connectivity index (χ4v) is 3.35. The van der Waals surface area contributed by atoms with Crippen molar-refractivity contribution in [2.75, 3.05) is 6.61 Å². The molecule has 0 aromatic heterocycles. The van der Waals surface area contributed by atoms with Gasteiger partial charge in [-0.05, 0) is 88.4 Å². The van der Waals surface area contributed by atoms with E-state index in [4.69, 9.17) is 9.47 Å².